The van der Waals surface area contributed by atoms with E-state index < -0.39 is 0 Å². The smallest absolute Gasteiger partial charge is 0.159 e. The van der Waals surface area contributed by atoms with Crippen LogP contribution in [0.3, 0.4) is 0 Å². The minimum atomic E-state index is 0.711. The van der Waals surface area contributed by atoms with E-state index in [9.17, 15) is 0 Å². The van der Waals surface area contributed by atoms with Gasteiger partial charge in [0.2, 0.25) is 0 Å². The molecule has 0 bridgehead atoms. The van der Waals surface area contributed by atoms with Crippen LogP contribution in [0, 0.1) is 6.92 Å². The zero-order valence-corrected chi connectivity index (χ0v) is 12.6. The molecule has 0 spiro atoms. The highest BCUT2D eigenvalue weighted by Crippen LogP contribution is 2.25. The fourth-order valence-electron chi connectivity index (χ4n) is 0.574. The number of allylic oxidation sites excluding steroid dienone is 1. The Kier molecular flexibility index (Phi) is 4.64. The summed E-state index contributed by atoms with van der Waals surface area (Å²) in [5.41, 5.74) is 0. The summed E-state index contributed by atoms with van der Waals surface area (Å²) in [4.78, 5) is 1.59. The molecule has 1 aromatic heterocycles. The predicted octanol–water partition coefficient (Wildman–Crippen LogP) is 2.46. The molecule has 0 aromatic carbocycles. The third kappa shape index (κ3) is 3.40. The number of tetrazole rings is 1. The standard InChI is InChI=1S/C5H5I3N4/c1-3-9-11-12(10-3)2-4(6)5(7)8/h2H2,1H3. The van der Waals surface area contributed by atoms with Crippen LogP contribution < -0.4 is 0 Å². The van der Waals surface area contributed by atoms with Crippen molar-refractivity contribution in [3.8, 4) is 0 Å². The summed E-state index contributed by atoms with van der Waals surface area (Å²) in [6.07, 6.45) is 0. The highest BCUT2D eigenvalue weighted by Gasteiger charge is 2.01. The SMILES string of the molecule is Cc1nnn(CC(I)=C(I)I)n1. The summed E-state index contributed by atoms with van der Waals surface area (Å²) >= 11 is 6.82. The highest BCUT2D eigenvalue weighted by molar-refractivity contribution is 14.2. The van der Waals surface area contributed by atoms with Gasteiger partial charge in [-0.15, -0.1) is 10.2 Å². The molecular formula is C5H5I3N4. The van der Waals surface area contributed by atoms with Crippen LogP contribution in [0.2, 0.25) is 0 Å². The molecule has 0 unspecified atom stereocenters. The Balaban J connectivity index is 2.71. The molecule has 0 N–H and O–H groups in total. The quantitative estimate of drug-likeness (QED) is 0.585. The van der Waals surface area contributed by atoms with E-state index in [2.05, 4.69) is 83.2 Å². The number of hydrogen-bond donors (Lipinski definition) is 0. The number of rotatable bonds is 2. The largest absolute Gasteiger partial charge is 0.171 e. The lowest BCUT2D eigenvalue weighted by atomic mass is 10.6. The molecule has 1 heterocycles. The van der Waals surface area contributed by atoms with Gasteiger partial charge in [0.1, 0.15) is 0 Å². The maximum Gasteiger partial charge on any atom is 0.171 e. The molecule has 0 amide bonds. The summed E-state index contributed by atoms with van der Waals surface area (Å²) in [6.45, 7) is 2.54. The number of halogens is 3. The molecular weight excluding hydrogens is 497 g/mol. The average Bonchev–Trinajstić information content (AvgIpc) is 2.35. The number of nitrogens with zero attached hydrogens (tertiary/aromatic N) is 4. The van der Waals surface area contributed by atoms with Crippen LogP contribution in [0.15, 0.2) is 5.17 Å². The van der Waals surface area contributed by atoms with E-state index in [0.717, 1.165) is 0 Å². The van der Waals surface area contributed by atoms with Crippen LogP contribution >= 0.6 is 67.8 Å². The van der Waals surface area contributed by atoms with Gasteiger partial charge in [0, 0.05) is 3.58 Å². The third-order valence-electron chi connectivity index (χ3n) is 1.04. The molecule has 4 nitrogen and oxygen atoms in total. The van der Waals surface area contributed by atoms with Gasteiger partial charge >= 0.3 is 0 Å². The Morgan fingerprint density at radius 3 is 2.50 bits per heavy atom. The van der Waals surface area contributed by atoms with Crippen LogP contribution in [0.5, 0.6) is 0 Å². The average molecular weight is 502 g/mol. The number of aryl methyl sites for hydroxylation is 1. The molecule has 66 valence electrons. The van der Waals surface area contributed by atoms with Crippen molar-refractivity contribution in [3.63, 3.8) is 0 Å². The Bertz CT molecular complexity index is 301. The second-order valence-corrected chi connectivity index (χ2v) is 7.56. The molecule has 0 atom stereocenters. The third-order valence-corrected chi connectivity index (χ3v) is 5.28. The first-order valence-corrected chi connectivity index (χ1v) is 6.27. The van der Waals surface area contributed by atoms with E-state index in [1.807, 2.05) is 6.92 Å². The molecule has 1 aromatic rings. The van der Waals surface area contributed by atoms with Gasteiger partial charge in [-0.3, -0.25) is 0 Å². The van der Waals surface area contributed by atoms with E-state index in [4.69, 9.17) is 0 Å². The van der Waals surface area contributed by atoms with Crippen molar-refractivity contribution >= 4 is 67.8 Å². The van der Waals surface area contributed by atoms with Crippen LogP contribution in [0.4, 0.5) is 0 Å². The van der Waals surface area contributed by atoms with E-state index in [0.29, 0.717) is 12.4 Å². The first-order chi connectivity index (χ1) is 5.59. The summed E-state index contributed by atoms with van der Waals surface area (Å²) in [6, 6.07) is 0. The van der Waals surface area contributed by atoms with Crippen molar-refractivity contribution < 1.29 is 0 Å². The van der Waals surface area contributed by atoms with Crippen LogP contribution in [0.25, 0.3) is 0 Å². The zero-order valence-electron chi connectivity index (χ0n) is 6.13. The van der Waals surface area contributed by atoms with Crippen molar-refractivity contribution in [2.75, 3.05) is 0 Å². The van der Waals surface area contributed by atoms with Crippen LogP contribution in [-0.2, 0) is 6.54 Å². The normalized spacial score (nSPS) is 10.0. The maximum atomic E-state index is 4.08. The molecule has 7 heteroatoms. The number of aromatic nitrogens is 4. The molecule has 1 rings (SSSR count). The summed E-state index contributed by atoms with van der Waals surface area (Å²) in [5.74, 6) is 0.711. The fraction of sp³-hybridized carbons (Fsp3) is 0.400. The topological polar surface area (TPSA) is 43.6 Å². The lowest BCUT2D eigenvalue weighted by Crippen LogP contribution is -2.02. The molecule has 0 radical (unpaired) electrons. The molecule has 0 aliphatic heterocycles. The highest BCUT2D eigenvalue weighted by atomic mass is 127. The molecule has 0 aliphatic rings. The number of hydrogen-bond acceptors (Lipinski definition) is 3. The van der Waals surface area contributed by atoms with E-state index >= 15 is 0 Å². The van der Waals surface area contributed by atoms with Gasteiger partial charge in [0.25, 0.3) is 0 Å². The Labute approximate surface area is 111 Å². The van der Waals surface area contributed by atoms with Gasteiger partial charge in [-0.2, -0.15) is 4.80 Å². The van der Waals surface area contributed by atoms with Crippen molar-refractivity contribution in [2.24, 2.45) is 0 Å². The van der Waals surface area contributed by atoms with Gasteiger partial charge in [-0.1, -0.05) is 0 Å². The first kappa shape index (κ1) is 11.1. The lowest BCUT2D eigenvalue weighted by molar-refractivity contribution is 0.579. The summed E-state index contributed by atoms with van der Waals surface area (Å²) in [7, 11) is 0. The van der Waals surface area contributed by atoms with Crippen molar-refractivity contribution in [2.45, 2.75) is 13.5 Å². The van der Waals surface area contributed by atoms with Crippen molar-refractivity contribution in [3.05, 3.63) is 11.0 Å². The predicted molar refractivity (Wildman–Crippen MR) is 71.6 cm³/mol. The van der Waals surface area contributed by atoms with E-state index in [1.54, 1.807) is 4.80 Å². The Morgan fingerprint density at radius 2 is 2.08 bits per heavy atom. The molecule has 0 saturated heterocycles. The second kappa shape index (κ2) is 5.02. The van der Waals surface area contributed by atoms with Gasteiger partial charge in [-0.05, 0) is 79.9 Å². The minimum Gasteiger partial charge on any atom is -0.159 e. The van der Waals surface area contributed by atoms with E-state index in [-0.39, 0.29) is 0 Å². The van der Waals surface area contributed by atoms with E-state index in [1.165, 1.54) is 5.17 Å². The Morgan fingerprint density at radius 1 is 1.42 bits per heavy atom. The van der Waals surface area contributed by atoms with Crippen molar-refractivity contribution in [1.29, 1.82) is 0 Å². The monoisotopic (exact) mass is 502 g/mol. The van der Waals surface area contributed by atoms with Gasteiger partial charge in [0.05, 0.1) is 8.13 Å². The zero-order chi connectivity index (χ0) is 9.14. The van der Waals surface area contributed by atoms with Crippen molar-refractivity contribution in [1.82, 2.24) is 20.2 Å². The first-order valence-electron chi connectivity index (χ1n) is 3.03. The molecule has 0 saturated carbocycles. The Hall–Kier alpha value is 1.00. The van der Waals surface area contributed by atoms with Gasteiger partial charge in [0.15, 0.2) is 5.82 Å². The van der Waals surface area contributed by atoms with Crippen LogP contribution in [-0.4, -0.2) is 20.2 Å². The minimum absolute atomic E-state index is 0.711. The second-order valence-electron chi connectivity index (χ2n) is 2.03. The van der Waals surface area contributed by atoms with Gasteiger partial charge in [-0.25, -0.2) is 0 Å². The fourth-order valence-corrected chi connectivity index (χ4v) is 1.22. The van der Waals surface area contributed by atoms with Crippen LogP contribution in [0.1, 0.15) is 5.82 Å². The molecule has 12 heavy (non-hydrogen) atoms. The molecule has 0 aliphatic carbocycles. The summed E-state index contributed by atoms with van der Waals surface area (Å²) < 4.78 is 2.46. The maximum absolute atomic E-state index is 4.08. The lowest BCUT2D eigenvalue weighted by Gasteiger charge is -1.96. The summed E-state index contributed by atoms with van der Waals surface area (Å²) in [5, 5.41) is 11.7. The van der Waals surface area contributed by atoms with Gasteiger partial charge < -0.3 is 0 Å². The molecule has 0 fully saturated rings.